The second kappa shape index (κ2) is 6.62. The van der Waals surface area contributed by atoms with Crippen molar-refractivity contribution in [3.63, 3.8) is 0 Å². The molecule has 0 amide bonds. The zero-order valence-corrected chi connectivity index (χ0v) is 13.4. The van der Waals surface area contributed by atoms with Crippen LogP contribution >= 0.6 is 34.8 Å². The smallest absolute Gasteiger partial charge is 0.256 e. The lowest BCUT2D eigenvalue weighted by molar-refractivity contribution is 0.609. The van der Waals surface area contributed by atoms with Crippen LogP contribution in [0.3, 0.4) is 0 Å². The Morgan fingerprint density at radius 2 is 1.71 bits per heavy atom. The average Bonchev–Trinajstić information content (AvgIpc) is 2.36. The number of anilines is 1. The molecule has 0 saturated heterocycles. The van der Waals surface area contributed by atoms with E-state index >= 15 is 0 Å². The predicted octanol–water partition coefficient (Wildman–Crippen LogP) is 3.85. The fraction of sp³-hybridized carbons (Fsp3) is 0. The lowest BCUT2D eigenvalue weighted by Crippen LogP contribution is -2.10. The van der Waals surface area contributed by atoms with Crippen LogP contribution in [0.5, 0.6) is 0 Å². The minimum Gasteiger partial charge on any atom is -0.264 e. The molecule has 2 aromatic rings. The number of hydrogen-bond donors (Lipinski definition) is 1. The molecule has 0 radical (unpaired) electrons. The van der Waals surface area contributed by atoms with E-state index in [1.807, 2.05) is 0 Å². The maximum absolute atomic E-state index is 11.9. The Labute approximate surface area is 136 Å². The first kappa shape index (κ1) is 16.0. The highest BCUT2D eigenvalue weighted by Gasteiger charge is 2.09. The standard InChI is InChI=1S/C12H8Cl3N3O2S/c13-9-3-1-8(2-4-9)5-6-21(19,20)18-11-7-10(14)16-12(15)17-11/h1-7H,(H,16,17,18)/b6-5+. The van der Waals surface area contributed by atoms with Gasteiger partial charge in [0.1, 0.15) is 11.0 Å². The van der Waals surface area contributed by atoms with Gasteiger partial charge in [0.15, 0.2) is 0 Å². The second-order valence-corrected chi connectivity index (χ2v) is 6.57. The van der Waals surface area contributed by atoms with Crippen LogP contribution in [0.2, 0.25) is 15.5 Å². The summed E-state index contributed by atoms with van der Waals surface area (Å²) in [5.74, 6) is -0.0132. The van der Waals surface area contributed by atoms with Crippen LogP contribution in [0.25, 0.3) is 6.08 Å². The third-order valence-corrected chi connectivity index (χ3v) is 3.83. The molecule has 0 aliphatic carbocycles. The number of rotatable bonds is 4. The van der Waals surface area contributed by atoms with E-state index in [0.717, 1.165) is 5.41 Å². The highest BCUT2D eigenvalue weighted by molar-refractivity contribution is 7.95. The Balaban J connectivity index is 2.16. The summed E-state index contributed by atoms with van der Waals surface area (Å²) in [6.45, 7) is 0. The van der Waals surface area contributed by atoms with Gasteiger partial charge in [-0.25, -0.2) is 13.4 Å². The molecule has 0 spiro atoms. The fourth-order valence-corrected chi connectivity index (χ4v) is 2.70. The number of aromatic nitrogens is 2. The van der Waals surface area contributed by atoms with Crippen LogP contribution in [0.1, 0.15) is 5.56 Å². The summed E-state index contributed by atoms with van der Waals surface area (Å²) in [6, 6.07) is 7.94. The number of nitrogens with one attached hydrogen (secondary N) is 1. The Morgan fingerprint density at radius 1 is 1.05 bits per heavy atom. The van der Waals surface area contributed by atoms with E-state index in [4.69, 9.17) is 34.8 Å². The first-order chi connectivity index (χ1) is 9.84. The topological polar surface area (TPSA) is 72.0 Å². The molecule has 0 atom stereocenters. The molecule has 9 heteroatoms. The van der Waals surface area contributed by atoms with Gasteiger partial charge in [0, 0.05) is 11.1 Å². The molecule has 1 aromatic heterocycles. The largest absolute Gasteiger partial charge is 0.264 e. The van der Waals surface area contributed by atoms with Crippen LogP contribution in [0.4, 0.5) is 5.82 Å². The highest BCUT2D eigenvalue weighted by Crippen LogP contribution is 2.16. The van der Waals surface area contributed by atoms with Crippen molar-refractivity contribution in [2.24, 2.45) is 0 Å². The normalized spacial score (nSPS) is 11.8. The molecule has 0 saturated carbocycles. The molecule has 2 rings (SSSR count). The lowest BCUT2D eigenvalue weighted by atomic mass is 10.2. The van der Waals surface area contributed by atoms with Crippen molar-refractivity contribution < 1.29 is 8.42 Å². The van der Waals surface area contributed by atoms with Crippen molar-refractivity contribution in [2.75, 3.05) is 4.72 Å². The van der Waals surface area contributed by atoms with Gasteiger partial charge in [0.25, 0.3) is 10.0 Å². The minimum atomic E-state index is -3.75. The monoisotopic (exact) mass is 363 g/mol. The summed E-state index contributed by atoms with van der Waals surface area (Å²) in [6.07, 6.45) is 1.42. The molecule has 0 aliphatic heterocycles. The van der Waals surface area contributed by atoms with E-state index in [1.165, 1.54) is 12.1 Å². The summed E-state index contributed by atoms with van der Waals surface area (Å²) in [5.41, 5.74) is 0.684. The molecule has 1 aromatic carbocycles. The van der Waals surface area contributed by atoms with Crippen molar-refractivity contribution >= 4 is 56.7 Å². The van der Waals surface area contributed by atoms with Gasteiger partial charge in [-0.3, -0.25) is 4.72 Å². The van der Waals surface area contributed by atoms with Crippen molar-refractivity contribution in [3.05, 3.63) is 56.8 Å². The van der Waals surface area contributed by atoms with E-state index in [0.29, 0.717) is 10.6 Å². The molecule has 110 valence electrons. The zero-order valence-electron chi connectivity index (χ0n) is 10.3. The van der Waals surface area contributed by atoms with E-state index < -0.39 is 10.0 Å². The van der Waals surface area contributed by atoms with Gasteiger partial charge in [-0.05, 0) is 35.4 Å². The predicted molar refractivity (Wildman–Crippen MR) is 85.1 cm³/mol. The Morgan fingerprint density at radius 3 is 2.33 bits per heavy atom. The molecular formula is C12H8Cl3N3O2S. The maximum Gasteiger partial charge on any atom is 0.256 e. The Hall–Kier alpha value is -1.34. The first-order valence-electron chi connectivity index (χ1n) is 5.51. The van der Waals surface area contributed by atoms with Crippen LogP contribution < -0.4 is 4.72 Å². The van der Waals surface area contributed by atoms with Crippen molar-refractivity contribution in [1.82, 2.24) is 9.97 Å². The zero-order chi connectivity index (χ0) is 15.5. The summed E-state index contributed by atoms with van der Waals surface area (Å²) >= 11 is 17.0. The Bertz CT molecular complexity index is 757. The second-order valence-electron chi connectivity index (χ2n) is 3.85. The van der Waals surface area contributed by atoms with E-state index in [9.17, 15) is 8.42 Å². The van der Waals surface area contributed by atoms with E-state index in [-0.39, 0.29) is 16.3 Å². The molecule has 0 unspecified atom stereocenters. The number of benzene rings is 1. The summed E-state index contributed by atoms with van der Waals surface area (Å²) in [4.78, 5) is 7.33. The first-order valence-corrected chi connectivity index (χ1v) is 8.19. The van der Waals surface area contributed by atoms with Gasteiger partial charge in [-0.1, -0.05) is 35.3 Å². The molecular weight excluding hydrogens is 357 g/mol. The van der Waals surface area contributed by atoms with Crippen LogP contribution in [-0.4, -0.2) is 18.4 Å². The number of halogens is 3. The number of nitrogens with zero attached hydrogens (tertiary/aromatic N) is 2. The number of hydrogen-bond acceptors (Lipinski definition) is 4. The molecule has 1 heterocycles. The third kappa shape index (κ3) is 5.17. The summed E-state index contributed by atoms with van der Waals surface area (Å²) < 4.78 is 26.0. The van der Waals surface area contributed by atoms with Crippen molar-refractivity contribution in [3.8, 4) is 0 Å². The summed E-state index contributed by atoms with van der Waals surface area (Å²) in [7, 11) is -3.75. The fourth-order valence-electron chi connectivity index (χ4n) is 1.36. The van der Waals surface area contributed by atoms with Gasteiger partial charge in [-0.15, -0.1) is 0 Å². The van der Waals surface area contributed by atoms with Crippen LogP contribution in [0, 0.1) is 0 Å². The van der Waals surface area contributed by atoms with Crippen LogP contribution in [-0.2, 0) is 10.0 Å². The third-order valence-electron chi connectivity index (χ3n) is 2.22. The molecule has 1 N–H and O–H groups in total. The van der Waals surface area contributed by atoms with Gasteiger partial charge < -0.3 is 0 Å². The van der Waals surface area contributed by atoms with Crippen molar-refractivity contribution in [1.29, 1.82) is 0 Å². The number of sulfonamides is 1. The Kier molecular flexibility index (Phi) is 5.05. The minimum absolute atomic E-state index is 0.0132. The quantitative estimate of drug-likeness (QED) is 0.660. The SMILES string of the molecule is O=S(=O)(/C=C/c1ccc(Cl)cc1)Nc1cc(Cl)nc(Cl)n1. The molecule has 0 bridgehead atoms. The van der Waals surface area contributed by atoms with Gasteiger partial charge >= 0.3 is 0 Å². The summed E-state index contributed by atoms with van der Waals surface area (Å²) in [5, 5.41) is 1.45. The van der Waals surface area contributed by atoms with E-state index in [1.54, 1.807) is 24.3 Å². The van der Waals surface area contributed by atoms with E-state index in [2.05, 4.69) is 14.7 Å². The molecule has 0 fully saturated rings. The molecule has 0 aliphatic rings. The van der Waals surface area contributed by atoms with Gasteiger partial charge in [0.05, 0.1) is 5.41 Å². The van der Waals surface area contributed by atoms with Crippen LogP contribution in [0.15, 0.2) is 35.7 Å². The maximum atomic E-state index is 11.9. The molecule has 21 heavy (non-hydrogen) atoms. The van der Waals surface area contributed by atoms with Gasteiger partial charge in [0.2, 0.25) is 5.28 Å². The molecule has 5 nitrogen and oxygen atoms in total. The average molecular weight is 365 g/mol. The van der Waals surface area contributed by atoms with Gasteiger partial charge in [-0.2, -0.15) is 4.98 Å². The van der Waals surface area contributed by atoms with Crippen molar-refractivity contribution in [2.45, 2.75) is 0 Å². The lowest BCUT2D eigenvalue weighted by Gasteiger charge is -2.04. The highest BCUT2D eigenvalue weighted by atomic mass is 35.5.